The van der Waals surface area contributed by atoms with Crippen LogP contribution in [0.1, 0.15) is 30.5 Å². The standard InChI is InChI=1S/C21H26F2N2O3/c1-15(17-7-5-4-6-8-17)24-20(26)11-12-25(2)14-16-9-10-18(28-21(22)23)19(13-16)27-3/h4-10,13,15,21H,11-12,14H2,1-3H3,(H,24,26). The van der Waals surface area contributed by atoms with Crippen LogP contribution in [0.2, 0.25) is 0 Å². The smallest absolute Gasteiger partial charge is 0.387 e. The quantitative estimate of drug-likeness (QED) is 0.664. The van der Waals surface area contributed by atoms with Gasteiger partial charge < -0.3 is 19.7 Å². The molecule has 7 heteroatoms. The number of rotatable bonds is 10. The van der Waals surface area contributed by atoms with Crippen molar-refractivity contribution in [2.24, 2.45) is 0 Å². The summed E-state index contributed by atoms with van der Waals surface area (Å²) < 4.78 is 34.3. The Morgan fingerprint density at radius 2 is 1.86 bits per heavy atom. The zero-order valence-corrected chi connectivity index (χ0v) is 16.3. The molecule has 0 bridgehead atoms. The summed E-state index contributed by atoms with van der Waals surface area (Å²) in [6.07, 6.45) is 0.359. The normalized spacial score (nSPS) is 12.1. The molecule has 0 aliphatic heterocycles. The number of halogens is 2. The topological polar surface area (TPSA) is 50.8 Å². The van der Waals surface area contributed by atoms with Crippen molar-refractivity contribution < 1.29 is 23.0 Å². The summed E-state index contributed by atoms with van der Waals surface area (Å²) in [5, 5.41) is 2.99. The van der Waals surface area contributed by atoms with Crippen molar-refractivity contribution in [2.45, 2.75) is 32.5 Å². The van der Waals surface area contributed by atoms with E-state index in [-0.39, 0.29) is 23.4 Å². The summed E-state index contributed by atoms with van der Waals surface area (Å²) in [4.78, 5) is 14.2. The van der Waals surface area contributed by atoms with Crippen molar-refractivity contribution >= 4 is 5.91 Å². The molecular weight excluding hydrogens is 366 g/mol. The molecular formula is C21H26F2N2O3. The average Bonchev–Trinajstić information content (AvgIpc) is 2.67. The highest BCUT2D eigenvalue weighted by Crippen LogP contribution is 2.29. The van der Waals surface area contributed by atoms with E-state index in [0.717, 1.165) is 11.1 Å². The van der Waals surface area contributed by atoms with Gasteiger partial charge in [-0.05, 0) is 37.2 Å². The Morgan fingerprint density at radius 3 is 2.50 bits per heavy atom. The third kappa shape index (κ3) is 6.81. The minimum atomic E-state index is -2.90. The van der Waals surface area contributed by atoms with Gasteiger partial charge in [0, 0.05) is 19.5 Å². The molecule has 1 atom stereocenters. The molecule has 0 aliphatic carbocycles. The van der Waals surface area contributed by atoms with Gasteiger partial charge in [0.05, 0.1) is 13.2 Å². The fourth-order valence-corrected chi connectivity index (χ4v) is 2.83. The zero-order chi connectivity index (χ0) is 20.5. The molecule has 0 saturated carbocycles. The lowest BCUT2D eigenvalue weighted by Crippen LogP contribution is -2.30. The SMILES string of the molecule is COc1cc(CN(C)CCC(=O)NC(C)c2ccccc2)ccc1OC(F)F. The van der Waals surface area contributed by atoms with Crippen LogP contribution in [0.15, 0.2) is 48.5 Å². The predicted molar refractivity (Wildman–Crippen MR) is 104 cm³/mol. The molecule has 0 aromatic heterocycles. The van der Waals surface area contributed by atoms with Gasteiger partial charge in [0.25, 0.3) is 0 Å². The maximum atomic E-state index is 12.4. The van der Waals surface area contributed by atoms with Crippen molar-refractivity contribution in [3.05, 3.63) is 59.7 Å². The Kier molecular flexibility index (Phi) is 8.19. The second kappa shape index (κ2) is 10.6. The van der Waals surface area contributed by atoms with Gasteiger partial charge in [-0.15, -0.1) is 0 Å². The predicted octanol–water partition coefficient (Wildman–Crippen LogP) is 4.00. The summed E-state index contributed by atoms with van der Waals surface area (Å²) in [5.74, 6) is 0.222. The molecule has 1 N–H and O–H groups in total. The highest BCUT2D eigenvalue weighted by Gasteiger charge is 2.13. The van der Waals surface area contributed by atoms with Gasteiger partial charge in [-0.3, -0.25) is 4.79 Å². The molecule has 5 nitrogen and oxygen atoms in total. The summed E-state index contributed by atoms with van der Waals surface area (Å²) in [5.41, 5.74) is 1.93. The molecule has 1 amide bonds. The van der Waals surface area contributed by atoms with Gasteiger partial charge in [-0.25, -0.2) is 0 Å². The van der Waals surface area contributed by atoms with Gasteiger partial charge in [-0.2, -0.15) is 8.78 Å². The van der Waals surface area contributed by atoms with E-state index < -0.39 is 6.61 Å². The molecule has 0 spiro atoms. The van der Waals surface area contributed by atoms with Crippen LogP contribution in [0.5, 0.6) is 11.5 Å². The molecule has 0 fully saturated rings. The molecule has 0 saturated heterocycles. The fraction of sp³-hybridized carbons (Fsp3) is 0.381. The van der Waals surface area contributed by atoms with Gasteiger partial charge >= 0.3 is 6.61 Å². The zero-order valence-electron chi connectivity index (χ0n) is 16.3. The van der Waals surface area contributed by atoms with Crippen LogP contribution in [0, 0.1) is 0 Å². The van der Waals surface area contributed by atoms with Gasteiger partial charge in [0.1, 0.15) is 0 Å². The van der Waals surface area contributed by atoms with E-state index in [1.54, 1.807) is 12.1 Å². The lowest BCUT2D eigenvalue weighted by Gasteiger charge is -2.19. The van der Waals surface area contributed by atoms with Crippen molar-refractivity contribution in [3.8, 4) is 11.5 Å². The van der Waals surface area contributed by atoms with Crippen molar-refractivity contribution in [1.82, 2.24) is 10.2 Å². The van der Waals surface area contributed by atoms with E-state index in [1.165, 1.54) is 13.2 Å². The van der Waals surface area contributed by atoms with Crippen LogP contribution in [0.3, 0.4) is 0 Å². The second-order valence-corrected chi connectivity index (χ2v) is 6.55. The number of hydrogen-bond donors (Lipinski definition) is 1. The molecule has 0 aliphatic rings. The number of amides is 1. The number of carbonyl (C=O) groups is 1. The summed E-state index contributed by atoms with van der Waals surface area (Å²) in [6, 6.07) is 14.6. The largest absolute Gasteiger partial charge is 0.493 e. The van der Waals surface area contributed by atoms with E-state index in [1.807, 2.05) is 49.2 Å². The number of methoxy groups -OCH3 is 1. The van der Waals surface area contributed by atoms with Gasteiger partial charge in [0.15, 0.2) is 11.5 Å². The third-order valence-corrected chi connectivity index (χ3v) is 4.29. The number of nitrogens with zero attached hydrogens (tertiary/aromatic N) is 1. The first kappa shape index (κ1) is 21.6. The summed E-state index contributed by atoms with van der Waals surface area (Å²) in [6.45, 7) is 0.156. The molecule has 152 valence electrons. The number of ether oxygens (including phenoxy) is 2. The third-order valence-electron chi connectivity index (χ3n) is 4.29. The maximum absolute atomic E-state index is 12.4. The second-order valence-electron chi connectivity index (χ2n) is 6.55. The van der Waals surface area contributed by atoms with E-state index in [2.05, 4.69) is 10.1 Å². The highest BCUT2D eigenvalue weighted by atomic mass is 19.3. The number of hydrogen-bond acceptors (Lipinski definition) is 4. The van der Waals surface area contributed by atoms with Crippen LogP contribution in [0.4, 0.5) is 8.78 Å². The van der Waals surface area contributed by atoms with E-state index in [9.17, 15) is 13.6 Å². The van der Waals surface area contributed by atoms with Crippen molar-refractivity contribution in [1.29, 1.82) is 0 Å². The van der Waals surface area contributed by atoms with Crippen LogP contribution >= 0.6 is 0 Å². The minimum absolute atomic E-state index is 0.00168. The lowest BCUT2D eigenvalue weighted by atomic mass is 10.1. The molecule has 0 radical (unpaired) electrons. The number of carbonyl (C=O) groups excluding carboxylic acids is 1. The van der Waals surface area contributed by atoms with E-state index in [0.29, 0.717) is 19.5 Å². The number of nitrogens with one attached hydrogen (secondary N) is 1. The molecule has 1 unspecified atom stereocenters. The highest BCUT2D eigenvalue weighted by molar-refractivity contribution is 5.76. The van der Waals surface area contributed by atoms with Gasteiger partial charge in [-0.1, -0.05) is 36.4 Å². The number of benzene rings is 2. The first-order chi connectivity index (χ1) is 13.4. The van der Waals surface area contributed by atoms with Crippen LogP contribution < -0.4 is 14.8 Å². The van der Waals surface area contributed by atoms with Crippen LogP contribution in [-0.4, -0.2) is 38.1 Å². The van der Waals surface area contributed by atoms with Gasteiger partial charge in [0.2, 0.25) is 5.91 Å². The number of alkyl halides is 2. The first-order valence-corrected chi connectivity index (χ1v) is 9.03. The Balaban J connectivity index is 1.83. The molecule has 2 rings (SSSR count). The Bertz CT molecular complexity index is 757. The Labute approximate surface area is 164 Å². The monoisotopic (exact) mass is 392 g/mol. The molecule has 0 heterocycles. The van der Waals surface area contributed by atoms with Crippen molar-refractivity contribution in [2.75, 3.05) is 20.7 Å². The fourth-order valence-electron chi connectivity index (χ4n) is 2.83. The minimum Gasteiger partial charge on any atom is -0.493 e. The van der Waals surface area contributed by atoms with E-state index >= 15 is 0 Å². The lowest BCUT2D eigenvalue weighted by molar-refractivity contribution is -0.122. The molecule has 28 heavy (non-hydrogen) atoms. The first-order valence-electron chi connectivity index (χ1n) is 9.03. The molecule has 2 aromatic rings. The van der Waals surface area contributed by atoms with Crippen LogP contribution in [-0.2, 0) is 11.3 Å². The van der Waals surface area contributed by atoms with Crippen LogP contribution in [0.25, 0.3) is 0 Å². The summed E-state index contributed by atoms with van der Waals surface area (Å²) in [7, 11) is 3.29. The average molecular weight is 392 g/mol. The summed E-state index contributed by atoms with van der Waals surface area (Å²) >= 11 is 0. The van der Waals surface area contributed by atoms with Crippen molar-refractivity contribution in [3.63, 3.8) is 0 Å². The maximum Gasteiger partial charge on any atom is 0.387 e. The van der Waals surface area contributed by atoms with E-state index in [4.69, 9.17) is 4.74 Å². The Hall–Kier alpha value is -2.67. The molecule has 2 aromatic carbocycles. The Morgan fingerprint density at radius 1 is 1.14 bits per heavy atom.